The predicted molar refractivity (Wildman–Crippen MR) is 144 cm³/mol. The molecule has 4 aromatic rings. The summed E-state index contributed by atoms with van der Waals surface area (Å²) in [4.78, 5) is 15.9. The second-order valence-corrected chi connectivity index (χ2v) is 10.7. The number of carboxylic acid groups (broad SMARTS) is 1. The Morgan fingerprint density at radius 1 is 1.05 bits per heavy atom. The molecule has 1 atom stereocenters. The van der Waals surface area contributed by atoms with Crippen LogP contribution in [0, 0.1) is 0 Å². The smallest absolute Gasteiger partial charge is 1.00 e. The normalized spacial score (nSPS) is 12.2. The molecule has 0 saturated carbocycles. The molecule has 14 heteroatoms. The standard InChI is InChI=1S/C27H22ClF3N2O5S.2Na.2H/c1-26(2,3)15-6-8-16(9-7-15)33(39(36)37)20-12-13-21(38-27(29,30)31)23(28)22(20)17-10-11-19(25(34)35)24-18(17)5-4-14-32-24;;;;/h4-14H,1-3H3,(H,34,35)(H,36,37);;;;/q;2*+1;2*-1/p-1. The van der Waals surface area contributed by atoms with Crippen LogP contribution in [0.3, 0.4) is 0 Å². The van der Waals surface area contributed by atoms with Gasteiger partial charge in [-0.3, -0.25) is 13.5 Å². The SMILES string of the molecule is CC(C)(C)c1ccc(N(c2ccc(OC(F)(F)F)c(Cl)c2-c2ccc(C(=O)O)c3ncccc23)S(=O)[O-])cc1.[H-].[H-].[Na+].[Na+]. The zero-order valence-electron chi connectivity index (χ0n) is 24.7. The summed E-state index contributed by atoms with van der Waals surface area (Å²) in [5, 5.41) is 9.31. The van der Waals surface area contributed by atoms with E-state index in [0.29, 0.717) is 0 Å². The number of benzene rings is 3. The van der Waals surface area contributed by atoms with Gasteiger partial charge in [0.25, 0.3) is 0 Å². The third kappa shape index (κ3) is 7.84. The maximum absolute atomic E-state index is 13.2. The molecule has 1 heterocycles. The Balaban J connectivity index is 0.00000441. The Morgan fingerprint density at radius 3 is 2.22 bits per heavy atom. The van der Waals surface area contributed by atoms with Gasteiger partial charge in [-0.15, -0.1) is 13.2 Å². The van der Waals surface area contributed by atoms with Crippen LogP contribution in [0.2, 0.25) is 5.02 Å². The third-order valence-corrected chi connectivity index (χ3v) is 7.00. The largest absolute Gasteiger partial charge is 1.00 e. The molecule has 7 nitrogen and oxygen atoms in total. The molecule has 0 spiro atoms. The number of halogens is 4. The number of ether oxygens (including phenoxy) is 1. The number of rotatable bonds is 6. The van der Waals surface area contributed by atoms with E-state index in [4.69, 9.17) is 11.6 Å². The Kier molecular flexibility index (Phi) is 11.9. The van der Waals surface area contributed by atoms with E-state index in [-0.39, 0.29) is 106 Å². The predicted octanol–water partition coefficient (Wildman–Crippen LogP) is 1.61. The fourth-order valence-electron chi connectivity index (χ4n) is 4.14. The molecule has 4 rings (SSSR count). The second kappa shape index (κ2) is 13.7. The number of anilines is 2. The van der Waals surface area contributed by atoms with Crippen molar-refractivity contribution in [1.29, 1.82) is 0 Å². The van der Waals surface area contributed by atoms with Gasteiger partial charge in [-0.05, 0) is 52.9 Å². The van der Waals surface area contributed by atoms with Crippen LogP contribution >= 0.6 is 11.6 Å². The van der Waals surface area contributed by atoms with Crippen LogP contribution in [0.1, 0.15) is 39.5 Å². The van der Waals surface area contributed by atoms with Crippen LogP contribution in [0.15, 0.2) is 66.9 Å². The quantitative estimate of drug-likeness (QED) is 0.258. The van der Waals surface area contributed by atoms with Crippen LogP contribution < -0.4 is 68.2 Å². The van der Waals surface area contributed by atoms with Crippen molar-refractivity contribution in [2.45, 2.75) is 32.5 Å². The molecule has 0 radical (unpaired) electrons. The van der Waals surface area contributed by atoms with Gasteiger partial charge in [0.1, 0.15) is 5.75 Å². The molecular formula is C27H23ClF3N2Na2O5S-. The van der Waals surface area contributed by atoms with Gasteiger partial charge >= 0.3 is 71.4 Å². The fraction of sp³-hybridized carbons (Fsp3) is 0.185. The molecule has 208 valence electrons. The van der Waals surface area contributed by atoms with Crippen molar-refractivity contribution in [3.05, 3.63) is 83.0 Å². The van der Waals surface area contributed by atoms with E-state index < -0.39 is 34.4 Å². The van der Waals surface area contributed by atoms with Crippen molar-refractivity contribution in [3.8, 4) is 16.9 Å². The van der Waals surface area contributed by atoms with Crippen LogP contribution in [-0.4, -0.2) is 31.2 Å². The van der Waals surface area contributed by atoms with Gasteiger partial charge in [0.15, 0.2) is 0 Å². The topological polar surface area (TPSA) is 103 Å². The number of aromatic carboxylic acids is 1. The van der Waals surface area contributed by atoms with Gasteiger partial charge in [-0.25, -0.2) is 4.79 Å². The summed E-state index contributed by atoms with van der Waals surface area (Å²) in [7, 11) is 0. The first-order valence-corrected chi connectivity index (χ1v) is 12.8. The summed E-state index contributed by atoms with van der Waals surface area (Å²) in [6.45, 7) is 5.97. The van der Waals surface area contributed by atoms with Crippen LogP contribution in [0.5, 0.6) is 5.75 Å². The van der Waals surface area contributed by atoms with Gasteiger partial charge in [0.2, 0.25) is 0 Å². The van der Waals surface area contributed by atoms with Gasteiger partial charge < -0.3 is 17.2 Å². The van der Waals surface area contributed by atoms with Crippen molar-refractivity contribution in [2.24, 2.45) is 0 Å². The minimum Gasteiger partial charge on any atom is -1.00 e. The number of hydrogen-bond acceptors (Lipinski definition) is 5. The van der Waals surface area contributed by atoms with Crippen molar-refractivity contribution >= 4 is 51.1 Å². The molecule has 0 amide bonds. The fourth-order valence-corrected chi connectivity index (χ4v) is 5.05. The number of carboxylic acids is 1. The summed E-state index contributed by atoms with van der Waals surface area (Å²) >= 11 is 3.54. The molecule has 3 aromatic carbocycles. The monoisotopic (exact) mass is 625 g/mol. The molecule has 41 heavy (non-hydrogen) atoms. The number of aromatic nitrogens is 1. The van der Waals surface area contributed by atoms with E-state index in [9.17, 15) is 31.8 Å². The molecule has 0 aliphatic heterocycles. The molecule has 0 fully saturated rings. The van der Waals surface area contributed by atoms with E-state index in [1.165, 1.54) is 30.5 Å². The van der Waals surface area contributed by atoms with E-state index in [1.54, 1.807) is 24.3 Å². The molecular weight excluding hydrogens is 603 g/mol. The summed E-state index contributed by atoms with van der Waals surface area (Å²) in [5.41, 5.74) is 0.726. The number of nitrogens with zero attached hydrogens (tertiary/aromatic N) is 2. The number of hydrogen-bond donors (Lipinski definition) is 1. The molecule has 0 bridgehead atoms. The Morgan fingerprint density at radius 2 is 1.68 bits per heavy atom. The Hall–Kier alpha value is -1.67. The van der Waals surface area contributed by atoms with Gasteiger partial charge in [0.05, 0.1) is 38.7 Å². The number of fused-ring (bicyclic) bond motifs is 1. The zero-order valence-corrected chi connectivity index (χ0v) is 28.3. The summed E-state index contributed by atoms with van der Waals surface area (Å²) in [6, 6.07) is 14.3. The first-order valence-electron chi connectivity index (χ1n) is 11.4. The summed E-state index contributed by atoms with van der Waals surface area (Å²) < 4.78 is 69.7. The minimum atomic E-state index is -5.08. The van der Waals surface area contributed by atoms with E-state index in [0.717, 1.165) is 22.0 Å². The third-order valence-electron chi connectivity index (χ3n) is 5.92. The molecule has 0 aliphatic rings. The van der Waals surface area contributed by atoms with Crippen molar-refractivity contribution in [2.75, 3.05) is 4.31 Å². The van der Waals surface area contributed by atoms with E-state index >= 15 is 0 Å². The second-order valence-electron chi connectivity index (χ2n) is 9.49. The molecule has 1 unspecified atom stereocenters. The van der Waals surface area contributed by atoms with Crippen molar-refractivity contribution in [1.82, 2.24) is 4.98 Å². The Bertz CT molecular complexity index is 1610. The van der Waals surface area contributed by atoms with Crippen molar-refractivity contribution < 1.29 is 98.5 Å². The van der Waals surface area contributed by atoms with Crippen LogP contribution in [0.4, 0.5) is 24.5 Å². The summed E-state index contributed by atoms with van der Waals surface area (Å²) in [6.07, 6.45) is -3.72. The first kappa shape index (κ1) is 35.5. The number of pyridine rings is 1. The van der Waals surface area contributed by atoms with E-state index in [2.05, 4.69) is 9.72 Å². The zero-order chi connectivity index (χ0) is 28.7. The minimum absolute atomic E-state index is 0. The van der Waals surface area contributed by atoms with Crippen LogP contribution in [-0.2, 0) is 16.7 Å². The average molecular weight is 626 g/mol. The number of carbonyl (C=O) groups is 1. The Labute approximate surface area is 289 Å². The molecule has 1 N–H and O–H groups in total. The van der Waals surface area contributed by atoms with Gasteiger partial charge in [-0.2, -0.15) is 0 Å². The van der Waals surface area contributed by atoms with Crippen LogP contribution in [0.25, 0.3) is 22.0 Å². The van der Waals surface area contributed by atoms with Gasteiger partial charge in [0, 0.05) is 17.1 Å². The number of alkyl halides is 3. The maximum atomic E-state index is 13.2. The first-order chi connectivity index (χ1) is 18.2. The molecule has 0 saturated heterocycles. The van der Waals surface area contributed by atoms with Crippen molar-refractivity contribution in [3.63, 3.8) is 0 Å². The summed E-state index contributed by atoms with van der Waals surface area (Å²) in [5.74, 6) is -2.03. The average Bonchev–Trinajstić information content (AvgIpc) is 2.84. The molecule has 1 aromatic heterocycles. The maximum Gasteiger partial charge on any atom is 1.00 e. The molecule has 0 aliphatic carbocycles. The van der Waals surface area contributed by atoms with E-state index in [1.807, 2.05) is 20.8 Å². The van der Waals surface area contributed by atoms with Gasteiger partial charge in [-0.1, -0.05) is 56.6 Å².